The van der Waals surface area contributed by atoms with Gasteiger partial charge in [-0.15, -0.1) is 0 Å². The minimum absolute atomic E-state index is 0.216. The van der Waals surface area contributed by atoms with Crippen molar-refractivity contribution in [3.63, 3.8) is 0 Å². The Morgan fingerprint density at radius 2 is 0.796 bits per heavy atom. The second-order valence-corrected chi connectivity index (χ2v) is 15.9. The summed E-state index contributed by atoms with van der Waals surface area (Å²) in [4.78, 5) is 0. The highest BCUT2D eigenvalue weighted by atomic mass is 15.0. The number of hydrogen-bond donors (Lipinski definition) is 0. The fourth-order valence-electron chi connectivity index (χ4n) is 10.4. The molecule has 2 aromatic heterocycles. The van der Waals surface area contributed by atoms with Gasteiger partial charge in [-0.3, -0.25) is 0 Å². The van der Waals surface area contributed by atoms with Crippen molar-refractivity contribution >= 4 is 43.6 Å². The Bertz CT molecular complexity index is 3020. The number of nitriles is 2. The van der Waals surface area contributed by atoms with Crippen molar-refractivity contribution in [2.75, 3.05) is 0 Å². The first kappa shape index (κ1) is 30.7. The molecule has 4 nitrogen and oxygen atoms in total. The Hall–Kier alpha value is -6.88. The Kier molecular flexibility index (Phi) is 5.90. The quantitative estimate of drug-likeness (QED) is 0.181. The maximum atomic E-state index is 11.1. The van der Waals surface area contributed by atoms with Gasteiger partial charge in [-0.05, 0) is 80.9 Å². The van der Waals surface area contributed by atoms with Crippen LogP contribution in [0.2, 0.25) is 0 Å². The monoisotopic (exact) mass is 690 g/mol. The first-order valence-electron chi connectivity index (χ1n) is 18.6. The third kappa shape index (κ3) is 3.60. The summed E-state index contributed by atoms with van der Waals surface area (Å²) in [6, 6.07) is 52.4. The molecule has 2 aliphatic carbocycles. The van der Waals surface area contributed by atoms with Gasteiger partial charge in [0.25, 0.3) is 0 Å². The molecule has 54 heavy (non-hydrogen) atoms. The minimum atomic E-state index is -0.216. The molecular formula is C50H34N4. The van der Waals surface area contributed by atoms with E-state index in [-0.39, 0.29) is 10.8 Å². The molecule has 0 amide bonds. The maximum Gasteiger partial charge on any atom is 0.103 e. The predicted octanol–water partition coefficient (Wildman–Crippen LogP) is 12.2. The van der Waals surface area contributed by atoms with E-state index in [4.69, 9.17) is 0 Å². The van der Waals surface area contributed by atoms with Gasteiger partial charge in [0.2, 0.25) is 0 Å². The first-order chi connectivity index (χ1) is 26.3. The van der Waals surface area contributed by atoms with Gasteiger partial charge in [-0.2, -0.15) is 10.5 Å². The largest absolute Gasteiger partial charge is 0.308 e. The van der Waals surface area contributed by atoms with Gasteiger partial charge in [-0.25, -0.2) is 0 Å². The van der Waals surface area contributed by atoms with E-state index in [0.717, 1.165) is 32.8 Å². The summed E-state index contributed by atoms with van der Waals surface area (Å²) in [5, 5.41) is 26.8. The molecule has 7 aromatic carbocycles. The topological polar surface area (TPSA) is 57.4 Å². The number of benzene rings is 7. The second-order valence-electron chi connectivity index (χ2n) is 15.9. The van der Waals surface area contributed by atoms with Crippen molar-refractivity contribution in [2.24, 2.45) is 0 Å². The van der Waals surface area contributed by atoms with Crippen molar-refractivity contribution in [3.8, 4) is 45.8 Å². The maximum absolute atomic E-state index is 11.1. The predicted molar refractivity (Wildman–Crippen MR) is 220 cm³/mol. The van der Waals surface area contributed by atoms with Crippen molar-refractivity contribution in [2.45, 2.75) is 38.5 Å². The number of para-hydroxylation sites is 2. The zero-order chi connectivity index (χ0) is 36.7. The van der Waals surface area contributed by atoms with Gasteiger partial charge in [-0.1, -0.05) is 125 Å². The van der Waals surface area contributed by atoms with Crippen molar-refractivity contribution in [1.82, 2.24) is 9.13 Å². The Morgan fingerprint density at radius 3 is 1.22 bits per heavy atom. The molecule has 0 fully saturated rings. The molecule has 0 bridgehead atoms. The molecule has 0 aliphatic heterocycles. The highest BCUT2D eigenvalue weighted by Gasteiger charge is 2.40. The van der Waals surface area contributed by atoms with Gasteiger partial charge in [0.15, 0.2) is 0 Å². The molecule has 0 saturated carbocycles. The van der Waals surface area contributed by atoms with Crippen LogP contribution in [0.1, 0.15) is 61.1 Å². The second kappa shape index (κ2) is 10.4. The van der Waals surface area contributed by atoms with Gasteiger partial charge >= 0.3 is 0 Å². The number of fused-ring (bicyclic) bond motifs is 14. The molecule has 2 heterocycles. The Balaban J connectivity index is 1.20. The standard InChI is InChI=1S/C50H34N4/c1-49(2)37-17-9-5-13-29(37)31-21-23-43-45(47(31)49)33-15-7-11-19-39(33)53(43)41-25-26-42(36(28-52)35(41)27-51)54-40-20-12-8-16-34(40)46-44(54)24-22-32-30-14-6-10-18-38(30)50(3,4)48(32)46/h5-26H,1-4H3. The van der Waals surface area contributed by atoms with Crippen LogP contribution in [0.4, 0.5) is 0 Å². The zero-order valence-corrected chi connectivity index (χ0v) is 30.5. The Labute approximate surface area is 313 Å². The molecule has 9 aromatic rings. The lowest BCUT2D eigenvalue weighted by molar-refractivity contribution is 0.666. The molecule has 0 N–H and O–H groups in total. The van der Waals surface area contributed by atoms with E-state index in [0.29, 0.717) is 22.5 Å². The fraction of sp³-hybridized carbons (Fsp3) is 0.120. The van der Waals surface area contributed by atoms with Crippen molar-refractivity contribution in [3.05, 3.63) is 167 Å². The first-order valence-corrected chi connectivity index (χ1v) is 18.6. The van der Waals surface area contributed by atoms with Crippen LogP contribution in [0.25, 0.3) is 77.2 Å². The molecule has 254 valence electrons. The van der Waals surface area contributed by atoms with Crippen LogP contribution >= 0.6 is 0 Å². The summed E-state index contributed by atoms with van der Waals surface area (Å²) in [5.41, 5.74) is 16.1. The molecule has 0 radical (unpaired) electrons. The highest BCUT2D eigenvalue weighted by molar-refractivity contribution is 6.16. The fourth-order valence-corrected chi connectivity index (χ4v) is 10.4. The lowest BCUT2D eigenvalue weighted by Gasteiger charge is -2.23. The minimum Gasteiger partial charge on any atom is -0.308 e. The normalized spacial score (nSPS) is 14.6. The van der Waals surface area contributed by atoms with Gasteiger partial charge in [0, 0.05) is 32.4 Å². The summed E-state index contributed by atoms with van der Waals surface area (Å²) in [6.45, 7) is 9.25. The number of hydrogen-bond acceptors (Lipinski definition) is 2. The molecule has 0 saturated heterocycles. The summed E-state index contributed by atoms with van der Waals surface area (Å²) in [6.07, 6.45) is 0. The van der Waals surface area contributed by atoms with Crippen LogP contribution in [0, 0.1) is 22.7 Å². The van der Waals surface area contributed by atoms with Crippen LogP contribution < -0.4 is 0 Å². The van der Waals surface area contributed by atoms with Crippen molar-refractivity contribution < 1.29 is 0 Å². The van der Waals surface area contributed by atoms with Gasteiger partial charge in [0.1, 0.15) is 12.1 Å². The van der Waals surface area contributed by atoms with E-state index in [9.17, 15) is 10.5 Å². The molecule has 11 rings (SSSR count). The molecule has 0 atom stereocenters. The molecule has 4 heteroatoms. The van der Waals surface area contributed by atoms with E-state index in [1.165, 1.54) is 55.3 Å². The average Bonchev–Trinajstić information content (AvgIpc) is 3.86. The third-order valence-corrected chi connectivity index (χ3v) is 12.6. The summed E-state index contributed by atoms with van der Waals surface area (Å²) in [7, 11) is 0. The van der Waals surface area contributed by atoms with E-state index >= 15 is 0 Å². The SMILES string of the molecule is CC1(C)c2ccccc2-c2ccc3c(c21)c1ccccc1n3-c1ccc(-n2c3ccccc3c3c4c(ccc32)-c2ccccc2C4(C)C)c(C#N)c1C#N. The van der Waals surface area contributed by atoms with E-state index in [2.05, 4.69) is 170 Å². The molecule has 0 spiro atoms. The van der Waals surface area contributed by atoms with Crippen LogP contribution in [0.15, 0.2) is 133 Å². The van der Waals surface area contributed by atoms with Crippen molar-refractivity contribution in [1.29, 1.82) is 10.5 Å². The summed E-state index contributed by atoms with van der Waals surface area (Å²) in [5.74, 6) is 0. The molecule has 2 aliphatic rings. The van der Waals surface area contributed by atoms with Crippen LogP contribution in [0.5, 0.6) is 0 Å². The van der Waals surface area contributed by atoms with E-state index < -0.39 is 0 Å². The number of nitrogens with zero attached hydrogens (tertiary/aromatic N) is 4. The number of aromatic nitrogens is 2. The zero-order valence-electron chi connectivity index (χ0n) is 30.5. The van der Waals surface area contributed by atoms with Crippen LogP contribution in [-0.2, 0) is 10.8 Å². The highest BCUT2D eigenvalue weighted by Crippen LogP contribution is 2.55. The lowest BCUT2D eigenvalue weighted by atomic mass is 9.80. The summed E-state index contributed by atoms with van der Waals surface area (Å²) < 4.78 is 4.40. The average molecular weight is 691 g/mol. The van der Waals surface area contributed by atoms with Gasteiger partial charge in [0.05, 0.1) is 44.6 Å². The van der Waals surface area contributed by atoms with Gasteiger partial charge < -0.3 is 9.13 Å². The van der Waals surface area contributed by atoms with E-state index in [1.807, 2.05) is 12.1 Å². The lowest BCUT2D eigenvalue weighted by Crippen LogP contribution is -2.15. The number of rotatable bonds is 2. The molecule has 0 unspecified atom stereocenters. The Morgan fingerprint density at radius 1 is 0.407 bits per heavy atom. The third-order valence-electron chi connectivity index (χ3n) is 12.6. The van der Waals surface area contributed by atoms with E-state index in [1.54, 1.807) is 0 Å². The smallest absolute Gasteiger partial charge is 0.103 e. The molecular weight excluding hydrogens is 657 g/mol. The summed E-state index contributed by atoms with van der Waals surface area (Å²) >= 11 is 0. The van der Waals surface area contributed by atoms with Crippen LogP contribution in [0.3, 0.4) is 0 Å². The van der Waals surface area contributed by atoms with Crippen LogP contribution in [-0.4, -0.2) is 9.13 Å².